The molecular weight excluding hydrogens is 382 g/mol. The average molecular weight is 406 g/mol. The molecule has 0 aromatic heterocycles. The van der Waals surface area contributed by atoms with Crippen LogP contribution in [0.5, 0.6) is 0 Å². The molecule has 2 aromatic rings. The first kappa shape index (κ1) is 19.9. The Morgan fingerprint density at radius 1 is 1.07 bits per heavy atom. The van der Waals surface area contributed by atoms with Gasteiger partial charge in [0, 0.05) is 18.0 Å². The highest BCUT2D eigenvalue weighted by molar-refractivity contribution is 7.98. The van der Waals surface area contributed by atoms with Gasteiger partial charge < -0.3 is 4.74 Å². The van der Waals surface area contributed by atoms with Crippen molar-refractivity contribution in [3.63, 3.8) is 0 Å². The number of hydrogen-bond donors (Lipinski definition) is 0. The van der Waals surface area contributed by atoms with E-state index in [4.69, 9.17) is 4.74 Å². The number of esters is 1. The zero-order valence-corrected chi connectivity index (χ0v) is 16.8. The lowest BCUT2D eigenvalue weighted by Crippen LogP contribution is -2.40. The van der Waals surface area contributed by atoms with E-state index in [1.54, 1.807) is 42.1 Å². The van der Waals surface area contributed by atoms with Crippen molar-refractivity contribution >= 4 is 27.8 Å². The Morgan fingerprint density at radius 3 is 2.30 bits per heavy atom. The molecule has 0 N–H and O–H groups in total. The molecule has 2 aromatic carbocycles. The van der Waals surface area contributed by atoms with Crippen molar-refractivity contribution < 1.29 is 17.9 Å². The smallest absolute Gasteiger partial charge is 0.309 e. The van der Waals surface area contributed by atoms with Crippen molar-refractivity contribution in [1.29, 1.82) is 0 Å². The van der Waals surface area contributed by atoms with Crippen LogP contribution in [0.25, 0.3) is 0 Å². The van der Waals surface area contributed by atoms with Gasteiger partial charge in [-0.05, 0) is 48.9 Å². The van der Waals surface area contributed by atoms with Crippen LogP contribution in [0.2, 0.25) is 0 Å². The molecule has 3 rings (SSSR count). The normalized spacial score (nSPS) is 16.2. The summed E-state index contributed by atoms with van der Waals surface area (Å²) < 4.78 is 32.2. The predicted octanol–water partition coefficient (Wildman–Crippen LogP) is 3.55. The van der Waals surface area contributed by atoms with Gasteiger partial charge in [-0.25, -0.2) is 8.42 Å². The van der Waals surface area contributed by atoms with Crippen molar-refractivity contribution in [3.05, 3.63) is 60.2 Å². The van der Waals surface area contributed by atoms with E-state index in [2.05, 4.69) is 0 Å². The fraction of sp³-hybridized carbons (Fsp3) is 0.350. The molecule has 5 nitrogen and oxygen atoms in total. The van der Waals surface area contributed by atoms with Gasteiger partial charge in [0.05, 0.1) is 10.8 Å². The first-order chi connectivity index (χ1) is 13.0. The SMILES string of the molecule is CSc1ccc(COC(=O)C2CCN(S(=O)(=O)c3ccccc3)CC2)cc1. The number of benzene rings is 2. The van der Waals surface area contributed by atoms with Gasteiger partial charge in [0.15, 0.2) is 0 Å². The quantitative estimate of drug-likeness (QED) is 0.543. The Morgan fingerprint density at radius 2 is 1.70 bits per heavy atom. The van der Waals surface area contributed by atoms with Crippen LogP contribution >= 0.6 is 11.8 Å². The van der Waals surface area contributed by atoms with E-state index in [1.807, 2.05) is 30.5 Å². The van der Waals surface area contributed by atoms with Gasteiger partial charge >= 0.3 is 5.97 Å². The lowest BCUT2D eigenvalue weighted by atomic mass is 9.98. The maximum Gasteiger partial charge on any atom is 0.309 e. The monoisotopic (exact) mass is 405 g/mol. The second-order valence-electron chi connectivity index (χ2n) is 6.45. The second-order valence-corrected chi connectivity index (χ2v) is 9.26. The average Bonchev–Trinajstić information content (AvgIpc) is 2.73. The van der Waals surface area contributed by atoms with Gasteiger partial charge in [0.2, 0.25) is 10.0 Å². The molecule has 0 spiro atoms. The fourth-order valence-electron chi connectivity index (χ4n) is 3.07. The highest BCUT2D eigenvalue weighted by Crippen LogP contribution is 2.25. The third-order valence-electron chi connectivity index (χ3n) is 4.71. The molecule has 1 heterocycles. The van der Waals surface area contributed by atoms with Crippen LogP contribution in [-0.4, -0.2) is 38.0 Å². The number of piperidine rings is 1. The summed E-state index contributed by atoms with van der Waals surface area (Å²) >= 11 is 1.66. The molecule has 0 amide bonds. The molecule has 1 aliphatic heterocycles. The van der Waals surface area contributed by atoms with Crippen molar-refractivity contribution in [2.45, 2.75) is 29.2 Å². The summed E-state index contributed by atoms with van der Waals surface area (Å²) in [5, 5.41) is 0. The van der Waals surface area contributed by atoms with Crippen molar-refractivity contribution in [1.82, 2.24) is 4.31 Å². The molecule has 0 radical (unpaired) electrons. The van der Waals surface area contributed by atoms with Crippen molar-refractivity contribution in [2.75, 3.05) is 19.3 Å². The van der Waals surface area contributed by atoms with Crippen LogP contribution in [-0.2, 0) is 26.2 Å². The van der Waals surface area contributed by atoms with Crippen LogP contribution in [0, 0.1) is 5.92 Å². The summed E-state index contributed by atoms with van der Waals surface area (Å²) in [6, 6.07) is 16.3. The molecule has 0 atom stereocenters. The maximum absolute atomic E-state index is 12.6. The minimum absolute atomic E-state index is 0.246. The molecular formula is C20H23NO4S2. The minimum atomic E-state index is -3.49. The Kier molecular flexibility index (Phi) is 6.57. The Hall–Kier alpha value is -1.83. The van der Waals surface area contributed by atoms with Crippen LogP contribution in [0.3, 0.4) is 0 Å². The first-order valence-corrected chi connectivity index (χ1v) is 11.5. The highest BCUT2D eigenvalue weighted by Gasteiger charge is 2.32. The highest BCUT2D eigenvalue weighted by atomic mass is 32.2. The molecule has 144 valence electrons. The van der Waals surface area contributed by atoms with E-state index in [0.717, 1.165) is 10.5 Å². The second kappa shape index (κ2) is 8.91. The number of rotatable bonds is 6. The van der Waals surface area contributed by atoms with Crippen LogP contribution in [0.4, 0.5) is 0 Å². The van der Waals surface area contributed by atoms with Crippen LogP contribution in [0.15, 0.2) is 64.4 Å². The van der Waals surface area contributed by atoms with Gasteiger partial charge in [0.1, 0.15) is 6.61 Å². The Bertz CT molecular complexity index is 859. The van der Waals surface area contributed by atoms with Gasteiger partial charge in [-0.15, -0.1) is 11.8 Å². The lowest BCUT2D eigenvalue weighted by molar-refractivity contribution is -0.151. The molecule has 0 bridgehead atoms. The third-order valence-corrected chi connectivity index (χ3v) is 7.36. The van der Waals surface area contributed by atoms with E-state index in [1.165, 1.54) is 4.31 Å². The number of nitrogens with zero attached hydrogens (tertiary/aromatic N) is 1. The summed E-state index contributed by atoms with van der Waals surface area (Å²) in [7, 11) is -3.49. The molecule has 0 saturated carbocycles. The van der Waals surface area contributed by atoms with E-state index < -0.39 is 10.0 Å². The van der Waals surface area contributed by atoms with E-state index in [-0.39, 0.29) is 18.5 Å². The number of ether oxygens (including phenoxy) is 1. The van der Waals surface area contributed by atoms with Crippen LogP contribution in [0.1, 0.15) is 18.4 Å². The standard InChI is InChI=1S/C20H23NO4S2/c1-26-18-9-7-16(8-10-18)15-25-20(22)17-11-13-21(14-12-17)27(23,24)19-5-3-2-4-6-19/h2-10,17H,11-15H2,1H3. The zero-order chi connectivity index (χ0) is 19.3. The fourth-order valence-corrected chi connectivity index (χ4v) is 4.97. The predicted molar refractivity (Wildman–Crippen MR) is 106 cm³/mol. The largest absolute Gasteiger partial charge is 0.461 e. The van der Waals surface area contributed by atoms with Gasteiger partial charge in [0.25, 0.3) is 0 Å². The van der Waals surface area contributed by atoms with E-state index in [9.17, 15) is 13.2 Å². The Balaban J connectivity index is 1.51. The molecule has 0 unspecified atom stereocenters. The first-order valence-electron chi connectivity index (χ1n) is 8.85. The molecule has 1 aliphatic rings. The van der Waals surface area contributed by atoms with Gasteiger partial charge in [-0.2, -0.15) is 4.31 Å². The summed E-state index contributed by atoms with van der Waals surface area (Å²) in [6.07, 6.45) is 2.98. The molecule has 0 aliphatic carbocycles. The number of thioether (sulfide) groups is 1. The summed E-state index contributed by atoms with van der Waals surface area (Å²) in [5.74, 6) is -0.501. The van der Waals surface area contributed by atoms with Crippen molar-refractivity contribution in [3.8, 4) is 0 Å². The topological polar surface area (TPSA) is 63.7 Å². The van der Waals surface area contributed by atoms with Crippen LogP contribution < -0.4 is 0 Å². The summed E-state index contributed by atoms with van der Waals surface area (Å²) in [5.41, 5.74) is 0.949. The third kappa shape index (κ3) is 4.91. The molecule has 7 heteroatoms. The number of carbonyl (C=O) groups excluding carboxylic acids is 1. The van der Waals surface area contributed by atoms with E-state index >= 15 is 0 Å². The maximum atomic E-state index is 12.6. The molecule has 27 heavy (non-hydrogen) atoms. The summed E-state index contributed by atoms with van der Waals surface area (Å²) in [6.45, 7) is 0.912. The van der Waals surface area contributed by atoms with Crippen molar-refractivity contribution in [2.24, 2.45) is 5.92 Å². The molecule has 1 saturated heterocycles. The van der Waals surface area contributed by atoms with Gasteiger partial charge in [-0.1, -0.05) is 30.3 Å². The number of carbonyl (C=O) groups is 1. The summed E-state index contributed by atoms with van der Waals surface area (Å²) in [4.78, 5) is 13.8. The molecule has 1 fully saturated rings. The number of sulfonamides is 1. The zero-order valence-electron chi connectivity index (χ0n) is 15.2. The van der Waals surface area contributed by atoms with E-state index in [0.29, 0.717) is 30.8 Å². The number of hydrogen-bond acceptors (Lipinski definition) is 5. The minimum Gasteiger partial charge on any atom is -0.461 e. The van der Waals surface area contributed by atoms with Gasteiger partial charge in [-0.3, -0.25) is 4.79 Å². The lowest BCUT2D eigenvalue weighted by Gasteiger charge is -2.30. The Labute approximate surface area is 164 Å².